The lowest BCUT2D eigenvalue weighted by Gasteiger charge is -2.29. The van der Waals surface area contributed by atoms with Gasteiger partial charge in [-0.25, -0.2) is 8.42 Å². The summed E-state index contributed by atoms with van der Waals surface area (Å²) in [4.78, 5) is 15.1. The molecule has 1 amide bonds. The molecule has 0 aliphatic carbocycles. The Hall–Kier alpha value is -1.48. The number of nitrogens with zero attached hydrogens (tertiary/aromatic N) is 2. The van der Waals surface area contributed by atoms with Gasteiger partial charge in [-0.3, -0.25) is 9.69 Å². The van der Waals surface area contributed by atoms with E-state index in [1.807, 2.05) is 6.92 Å². The van der Waals surface area contributed by atoms with E-state index in [1.54, 1.807) is 24.3 Å². The van der Waals surface area contributed by atoms with Crippen molar-refractivity contribution < 1.29 is 17.9 Å². The number of hydrogen-bond acceptors (Lipinski definition) is 5. The zero-order valence-electron chi connectivity index (χ0n) is 16.6. The summed E-state index contributed by atoms with van der Waals surface area (Å²) in [6.45, 7) is 5.41. The molecule has 1 aromatic carbocycles. The topological polar surface area (TPSA) is 79.0 Å². The molecule has 8 heteroatoms. The number of carbonyl (C=O) groups excluding carboxylic acids is 1. The van der Waals surface area contributed by atoms with Crippen LogP contribution in [0.5, 0.6) is 0 Å². The molecule has 0 spiro atoms. The van der Waals surface area contributed by atoms with E-state index in [2.05, 4.69) is 10.2 Å². The fourth-order valence-electron chi connectivity index (χ4n) is 3.72. The molecule has 1 N–H and O–H groups in total. The van der Waals surface area contributed by atoms with Crippen molar-refractivity contribution in [2.24, 2.45) is 0 Å². The standard InChI is InChI=1S/C20H31N3O4S/c1-17(22-11-5-3-2-4-6-12-22)20(24)21-18-7-9-19(10-8-18)28(25,26)23-13-15-27-16-14-23/h7-10,17H,2-6,11-16H2,1H3,(H,21,24)/t17-/m0/s1. The maximum atomic E-state index is 12.7. The second-order valence-corrected chi connectivity index (χ2v) is 9.45. The molecule has 1 atom stereocenters. The molecule has 156 valence electrons. The van der Waals surface area contributed by atoms with E-state index in [4.69, 9.17) is 4.74 Å². The number of rotatable bonds is 5. The first-order chi connectivity index (χ1) is 13.5. The predicted octanol–water partition coefficient (Wildman–Crippen LogP) is 2.30. The molecular weight excluding hydrogens is 378 g/mol. The lowest BCUT2D eigenvalue weighted by molar-refractivity contribution is -0.120. The monoisotopic (exact) mass is 409 g/mol. The second kappa shape index (κ2) is 9.82. The Labute approximate surface area is 168 Å². The number of benzene rings is 1. The van der Waals surface area contributed by atoms with Gasteiger partial charge in [-0.05, 0) is 57.1 Å². The highest BCUT2D eigenvalue weighted by molar-refractivity contribution is 7.89. The van der Waals surface area contributed by atoms with Crippen LogP contribution in [0.2, 0.25) is 0 Å². The van der Waals surface area contributed by atoms with E-state index in [0.717, 1.165) is 25.9 Å². The summed E-state index contributed by atoms with van der Waals surface area (Å²) in [6.07, 6.45) is 6.00. The van der Waals surface area contributed by atoms with Crippen LogP contribution >= 0.6 is 0 Å². The minimum Gasteiger partial charge on any atom is -0.379 e. The Morgan fingerprint density at radius 1 is 0.964 bits per heavy atom. The smallest absolute Gasteiger partial charge is 0.243 e. The Morgan fingerprint density at radius 2 is 1.54 bits per heavy atom. The third-order valence-corrected chi connectivity index (χ3v) is 7.46. The van der Waals surface area contributed by atoms with Crippen molar-refractivity contribution in [3.8, 4) is 0 Å². The van der Waals surface area contributed by atoms with Crippen LogP contribution in [0.3, 0.4) is 0 Å². The highest BCUT2D eigenvalue weighted by Crippen LogP contribution is 2.20. The Morgan fingerprint density at radius 3 is 2.14 bits per heavy atom. The maximum Gasteiger partial charge on any atom is 0.243 e. The summed E-state index contributed by atoms with van der Waals surface area (Å²) in [5.74, 6) is -0.0515. The molecule has 2 heterocycles. The number of ether oxygens (including phenoxy) is 1. The third-order valence-electron chi connectivity index (χ3n) is 5.55. The zero-order chi connectivity index (χ0) is 20.0. The lowest BCUT2D eigenvalue weighted by Crippen LogP contribution is -2.43. The van der Waals surface area contributed by atoms with E-state index in [9.17, 15) is 13.2 Å². The van der Waals surface area contributed by atoms with Crippen molar-refractivity contribution >= 4 is 21.6 Å². The van der Waals surface area contributed by atoms with Gasteiger partial charge in [0.25, 0.3) is 0 Å². The number of amides is 1. The minimum atomic E-state index is -3.52. The van der Waals surface area contributed by atoms with E-state index in [-0.39, 0.29) is 16.8 Å². The van der Waals surface area contributed by atoms with Crippen LogP contribution in [-0.4, -0.2) is 69.0 Å². The van der Waals surface area contributed by atoms with Gasteiger partial charge < -0.3 is 10.1 Å². The molecule has 2 aliphatic rings. The normalized spacial score (nSPS) is 21.5. The van der Waals surface area contributed by atoms with Crippen LogP contribution in [-0.2, 0) is 19.6 Å². The molecule has 0 bridgehead atoms. The summed E-state index contributed by atoms with van der Waals surface area (Å²) in [5, 5.41) is 2.92. The highest BCUT2D eigenvalue weighted by atomic mass is 32.2. The number of sulfonamides is 1. The Bertz CT molecular complexity index is 737. The molecule has 0 radical (unpaired) electrons. The number of morpholine rings is 1. The fraction of sp³-hybridized carbons (Fsp3) is 0.650. The Kier molecular flexibility index (Phi) is 7.45. The summed E-state index contributed by atoms with van der Waals surface area (Å²) >= 11 is 0. The van der Waals surface area contributed by atoms with Gasteiger partial charge in [-0.15, -0.1) is 0 Å². The zero-order valence-corrected chi connectivity index (χ0v) is 17.4. The quantitative estimate of drug-likeness (QED) is 0.807. The van der Waals surface area contributed by atoms with Crippen molar-refractivity contribution in [2.45, 2.75) is 50.0 Å². The van der Waals surface area contributed by atoms with E-state index < -0.39 is 10.0 Å². The van der Waals surface area contributed by atoms with Gasteiger partial charge in [0.15, 0.2) is 0 Å². The number of likely N-dealkylation sites (tertiary alicyclic amines) is 1. The molecule has 0 aromatic heterocycles. The predicted molar refractivity (Wildman–Crippen MR) is 109 cm³/mol. The number of nitrogens with one attached hydrogen (secondary N) is 1. The molecule has 3 rings (SSSR count). The minimum absolute atomic E-state index is 0.0515. The molecule has 2 fully saturated rings. The number of hydrogen-bond donors (Lipinski definition) is 1. The molecule has 7 nitrogen and oxygen atoms in total. The van der Waals surface area contributed by atoms with Crippen LogP contribution in [0.25, 0.3) is 0 Å². The first kappa shape index (κ1) is 21.2. The van der Waals surface area contributed by atoms with Crippen LogP contribution in [0.4, 0.5) is 5.69 Å². The van der Waals surface area contributed by atoms with Gasteiger partial charge >= 0.3 is 0 Å². The van der Waals surface area contributed by atoms with Gasteiger partial charge in [-0.1, -0.05) is 19.3 Å². The summed E-state index contributed by atoms with van der Waals surface area (Å²) in [5.41, 5.74) is 0.616. The van der Waals surface area contributed by atoms with Gasteiger partial charge in [0.05, 0.1) is 24.2 Å². The summed E-state index contributed by atoms with van der Waals surface area (Å²) < 4.78 is 32.0. The van der Waals surface area contributed by atoms with Crippen molar-refractivity contribution in [1.82, 2.24) is 9.21 Å². The van der Waals surface area contributed by atoms with Gasteiger partial charge in [0.1, 0.15) is 0 Å². The second-order valence-electron chi connectivity index (χ2n) is 7.51. The summed E-state index contributed by atoms with van der Waals surface area (Å²) in [7, 11) is -3.52. The molecule has 28 heavy (non-hydrogen) atoms. The number of carbonyl (C=O) groups is 1. The fourth-order valence-corrected chi connectivity index (χ4v) is 5.13. The molecule has 2 aliphatic heterocycles. The van der Waals surface area contributed by atoms with Crippen LogP contribution < -0.4 is 5.32 Å². The average molecular weight is 410 g/mol. The maximum absolute atomic E-state index is 12.7. The first-order valence-corrected chi connectivity index (χ1v) is 11.7. The number of anilines is 1. The van der Waals surface area contributed by atoms with Crippen LogP contribution in [0, 0.1) is 0 Å². The molecule has 2 saturated heterocycles. The van der Waals surface area contributed by atoms with E-state index in [1.165, 1.54) is 23.6 Å². The van der Waals surface area contributed by atoms with E-state index in [0.29, 0.717) is 32.0 Å². The van der Waals surface area contributed by atoms with Gasteiger partial charge in [-0.2, -0.15) is 4.31 Å². The van der Waals surface area contributed by atoms with Crippen molar-refractivity contribution in [2.75, 3.05) is 44.7 Å². The molecular formula is C20H31N3O4S. The SMILES string of the molecule is C[C@@H](C(=O)Nc1ccc(S(=O)(=O)N2CCOCC2)cc1)N1CCCCCCC1. The van der Waals surface area contributed by atoms with Gasteiger partial charge in [0.2, 0.25) is 15.9 Å². The third kappa shape index (κ3) is 5.31. The largest absolute Gasteiger partial charge is 0.379 e. The van der Waals surface area contributed by atoms with Crippen molar-refractivity contribution in [3.05, 3.63) is 24.3 Å². The molecule has 1 aromatic rings. The van der Waals surface area contributed by atoms with Crippen LogP contribution in [0.1, 0.15) is 39.0 Å². The average Bonchev–Trinajstić information content (AvgIpc) is 2.68. The lowest BCUT2D eigenvalue weighted by atomic mass is 10.1. The highest BCUT2D eigenvalue weighted by Gasteiger charge is 2.26. The molecule has 0 unspecified atom stereocenters. The first-order valence-electron chi connectivity index (χ1n) is 10.2. The van der Waals surface area contributed by atoms with Crippen molar-refractivity contribution in [1.29, 1.82) is 0 Å². The van der Waals surface area contributed by atoms with Crippen LogP contribution in [0.15, 0.2) is 29.2 Å². The van der Waals surface area contributed by atoms with Gasteiger partial charge in [0, 0.05) is 18.8 Å². The Balaban J connectivity index is 1.60. The van der Waals surface area contributed by atoms with Crippen molar-refractivity contribution in [3.63, 3.8) is 0 Å². The molecule has 0 saturated carbocycles. The summed E-state index contributed by atoms with van der Waals surface area (Å²) in [6, 6.07) is 6.23. The van der Waals surface area contributed by atoms with E-state index >= 15 is 0 Å².